The molecule has 1 radical (unpaired) electrons. The summed E-state index contributed by atoms with van der Waals surface area (Å²) in [6.07, 6.45) is 1.59. The molecule has 0 aliphatic carbocycles. The van der Waals surface area contributed by atoms with Crippen molar-refractivity contribution in [1.29, 1.82) is 0 Å². The van der Waals surface area contributed by atoms with E-state index in [1.165, 1.54) is 4.90 Å². The van der Waals surface area contributed by atoms with Crippen molar-refractivity contribution in [1.82, 2.24) is 4.90 Å². The Morgan fingerprint density at radius 1 is 1.86 bits per heavy atom. The number of likely N-dealkylation sites (N-methyl/N-ethyl adjacent to an activating group) is 1. The highest BCUT2D eigenvalue weighted by Gasteiger charge is 1.87. The fourth-order valence-electron chi connectivity index (χ4n) is 0.196. The topological polar surface area (TPSA) is 40.5 Å². The van der Waals surface area contributed by atoms with Crippen LogP contribution in [-0.2, 0) is 4.79 Å². The third kappa shape index (κ3) is 3.26. The van der Waals surface area contributed by atoms with Crippen LogP contribution in [0, 0.1) is 0 Å². The smallest absolute Gasteiger partial charge is 0.311 e. The first-order valence-electron chi connectivity index (χ1n) is 2.01. The molecule has 0 saturated heterocycles. The van der Waals surface area contributed by atoms with Gasteiger partial charge in [-0.2, -0.15) is 0 Å². The Labute approximate surface area is 42.5 Å². The molecule has 0 bridgehead atoms. The Morgan fingerprint density at radius 2 is 2.43 bits per heavy atom. The summed E-state index contributed by atoms with van der Waals surface area (Å²) in [5.41, 5.74) is 0. The van der Waals surface area contributed by atoms with Gasteiger partial charge >= 0.3 is 6.41 Å². The minimum atomic E-state index is 0.00569. The van der Waals surface area contributed by atoms with Gasteiger partial charge in [0.2, 0.25) is 0 Å². The predicted molar refractivity (Wildman–Crippen MR) is 25.4 cm³/mol. The monoisotopic (exact) mass is 102 g/mol. The van der Waals surface area contributed by atoms with Gasteiger partial charge in [-0.3, -0.25) is 4.79 Å². The van der Waals surface area contributed by atoms with Gasteiger partial charge in [-0.15, -0.1) is 0 Å². The standard InChI is InChI=1S/C4H8NO2/c1-5(4-7)2-3-6/h6H,2-3H2,1H3. The lowest BCUT2D eigenvalue weighted by molar-refractivity contribution is 0.259. The van der Waals surface area contributed by atoms with E-state index in [4.69, 9.17) is 5.11 Å². The van der Waals surface area contributed by atoms with Crippen LogP contribution in [0.2, 0.25) is 0 Å². The molecule has 7 heavy (non-hydrogen) atoms. The fourth-order valence-corrected chi connectivity index (χ4v) is 0.196. The molecular weight excluding hydrogens is 94.0 g/mol. The molecule has 0 fully saturated rings. The minimum Gasteiger partial charge on any atom is -0.395 e. The van der Waals surface area contributed by atoms with Gasteiger partial charge in [0.15, 0.2) is 0 Å². The molecule has 3 heteroatoms. The lowest BCUT2D eigenvalue weighted by atomic mass is 10.6. The van der Waals surface area contributed by atoms with Crippen molar-refractivity contribution in [2.45, 2.75) is 0 Å². The van der Waals surface area contributed by atoms with E-state index < -0.39 is 0 Å². The molecule has 41 valence electrons. The molecule has 0 aliphatic rings. The summed E-state index contributed by atoms with van der Waals surface area (Å²) in [5.74, 6) is 0. The zero-order chi connectivity index (χ0) is 5.70. The highest BCUT2D eigenvalue weighted by atomic mass is 16.3. The molecule has 0 atom stereocenters. The van der Waals surface area contributed by atoms with Gasteiger partial charge in [-0.05, 0) is 0 Å². The fraction of sp³-hybridized carbons (Fsp3) is 0.750. The molecule has 0 heterocycles. The summed E-state index contributed by atoms with van der Waals surface area (Å²) in [6, 6.07) is 0. The number of aliphatic hydroxyl groups is 1. The van der Waals surface area contributed by atoms with Crippen molar-refractivity contribution < 1.29 is 9.90 Å². The summed E-state index contributed by atoms with van der Waals surface area (Å²) in [5, 5.41) is 8.15. The zero-order valence-corrected chi connectivity index (χ0v) is 4.22. The summed E-state index contributed by atoms with van der Waals surface area (Å²) in [7, 11) is 1.56. The average Bonchev–Trinajstić information content (AvgIpc) is 1.68. The minimum absolute atomic E-state index is 0.00569. The SMILES string of the molecule is CN([C]=O)CCO. The summed E-state index contributed by atoms with van der Waals surface area (Å²) >= 11 is 0. The zero-order valence-electron chi connectivity index (χ0n) is 4.22. The molecule has 3 nitrogen and oxygen atoms in total. The van der Waals surface area contributed by atoms with Crippen LogP contribution in [-0.4, -0.2) is 36.6 Å². The van der Waals surface area contributed by atoms with Crippen LogP contribution in [0.15, 0.2) is 0 Å². The van der Waals surface area contributed by atoms with Crippen LogP contribution < -0.4 is 0 Å². The Balaban J connectivity index is 2.98. The second-order valence-corrected chi connectivity index (χ2v) is 1.24. The third-order valence-corrected chi connectivity index (χ3v) is 0.591. The van der Waals surface area contributed by atoms with Crippen LogP contribution in [0.1, 0.15) is 0 Å². The van der Waals surface area contributed by atoms with E-state index in [9.17, 15) is 4.79 Å². The van der Waals surface area contributed by atoms with Crippen LogP contribution in [0.5, 0.6) is 0 Å². The third-order valence-electron chi connectivity index (χ3n) is 0.591. The second kappa shape index (κ2) is 3.61. The molecule has 1 amide bonds. The van der Waals surface area contributed by atoms with Crippen molar-refractivity contribution >= 4 is 6.41 Å². The highest BCUT2D eigenvalue weighted by Crippen LogP contribution is 1.68. The number of hydrogen-bond donors (Lipinski definition) is 1. The molecule has 1 N–H and O–H groups in total. The number of carbonyl (C=O) groups excluding carboxylic acids is 1. The van der Waals surface area contributed by atoms with Gasteiger partial charge in [0.05, 0.1) is 6.61 Å². The Bertz CT molecular complexity index is 55.7. The van der Waals surface area contributed by atoms with Gasteiger partial charge in [0, 0.05) is 13.6 Å². The predicted octanol–water partition coefficient (Wildman–Crippen LogP) is -1.02. The van der Waals surface area contributed by atoms with Crippen molar-refractivity contribution in [2.24, 2.45) is 0 Å². The van der Waals surface area contributed by atoms with Gasteiger partial charge in [-0.1, -0.05) is 0 Å². The van der Waals surface area contributed by atoms with Gasteiger partial charge in [-0.25, -0.2) is 0 Å². The van der Waals surface area contributed by atoms with E-state index in [0.717, 1.165) is 0 Å². The lowest BCUT2D eigenvalue weighted by Gasteiger charge is -2.03. The van der Waals surface area contributed by atoms with Gasteiger partial charge < -0.3 is 10.0 Å². The molecular formula is C4H8NO2. The Morgan fingerprint density at radius 3 is 2.57 bits per heavy atom. The first-order chi connectivity index (χ1) is 3.31. The first-order valence-corrected chi connectivity index (χ1v) is 2.01. The summed E-state index contributed by atoms with van der Waals surface area (Å²) < 4.78 is 0. The van der Waals surface area contributed by atoms with E-state index in [0.29, 0.717) is 6.54 Å². The molecule has 0 rings (SSSR count). The van der Waals surface area contributed by atoms with Crippen LogP contribution >= 0.6 is 0 Å². The van der Waals surface area contributed by atoms with Crippen LogP contribution in [0.25, 0.3) is 0 Å². The van der Waals surface area contributed by atoms with Crippen molar-refractivity contribution in [3.8, 4) is 0 Å². The highest BCUT2D eigenvalue weighted by molar-refractivity contribution is 5.47. The average molecular weight is 102 g/mol. The van der Waals surface area contributed by atoms with E-state index in [1.54, 1.807) is 13.5 Å². The van der Waals surface area contributed by atoms with E-state index in [1.807, 2.05) is 0 Å². The van der Waals surface area contributed by atoms with Crippen molar-refractivity contribution in [3.63, 3.8) is 0 Å². The number of hydrogen-bond acceptors (Lipinski definition) is 2. The Hall–Kier alpha value is -0.570. The number of nitrogens with zero attached hydrogens (tertiary/aromatic N) is 1. The maximum absolute atomic E-state index is 9.58. The Kier molecular flexibility index (Phi) is 3.32. The molecule has 0 aromatic heterocycles. The normalized spacial score (nSPS) is 8.29. The molecule has 0 unspecified atom stereocenters. The van der Waals surface area contributed by atoms with Crippen LogP contribution in [0.3, 0.4) is 0 Å². The van der Waals surface area contributed by atoms with E-state index >= 15 is 0 Å². The quantitative estimate of drug-likeness (QED) is 0.463. The maximum atomic E-state index is 9.58. The number of rotatable bonds is 3. The van der Waals surface area contributed by atoms with E-state index in [-0.39, 0.29) is 6.61 Å². The van der Waals surface area contributed by atoms with Crippen molar-refractivity contribution in [3.05, 3.63) is 0 Å². The number of amides is 1. The molecule has 0 spiro atoms. The second-order valence-electron chi connectivity index (χ2n) is 1.24. The molecule has 0 aromatic carbocycles. The summed E-state index contributed by atoms with van der Waals surface area (Å²) in [4.78, 5) is 10.8. The van der Waals surface area contributed by atoms with Gasteiger partial charge in [0.25, 0.3) is 0 Å². The lowest BCUT2D eigenvalue weighted by Crippen LogP contribution is -2.19. The number of aliphatic hydroxyl groups excluding tert-OH is 1. The van der Waals surface area contributed by atoms with Gasteiger partial charge in [0.1, 0.15) is 0 Å². The molecule has 0 saturated carbocycles. The summed E-state index contributed by atoms with van der Waals surface area (Å²) in [6.45, 7) is 0.370. The maximum Gasteiger partial charge on any atom is 0.311 e. The van der Waals surface area contributed by atoms with Crippen LogP contribution in [0.4, 0.5) is 0 Å². The van der Waals surface area contributed by atoms with E-state index in [2.05, 4.69) is 0 Å². The first kappa shape index (κ1) is 6.43. The molecule has 0 aromatic rings. The molecule has 0 aliphatic heterocycles. The van der Waals surface area contributed by atoms with Crippen molar-refractivity contribution in [2.75, 3.05) is 20.2 Å². The largest absolute Gasteiger partial charge is 0.395 e.